The summed E-state index contributed by atoms with van der Waals surface area (Å²) < 4.78 is 5.63. The minimum absolute atomic E-state index is 0. The molecule has 0 radical (unpaired) electrons. The average molecular weight is 273 g/mol. The van der Waals surface area contributed by atoms with Crippen LogP contribution in [0.25, 0.3) is 0 Å². The summed E-state index contributed by atoms with van der Waals surface area (Å²) in [6.45, 7) is 2.98. The number of carbonyl (C=O) groups is 1. The first-order chi connectivity index (χ1) is 8.22. The second kappa shape index (κ2) is 9.74. The fourth-order valence-corrected chi connectivity index (χ4v) is 1.38. The number of para-hydroxylation sites is 1. The standard InChI is InChI=1S/C13H20N2O2.ClH/c1-11(10-15-13(16)8-5-9-14)17-12-6-3-2-4-7-12;/h2-4,6-7,11H,5,8-10,14H2,1H3,(H,15,16);1H. The van der Waals surface area contributed by atoms with Gasteiger partial charge in [-0.15, -0.1) is 12.4 Å². The number of amides is 1. The molecule has 0 bridgehead atoms. The Bertz CT molecular complexity index is 333. The van der Waals surface area contributed by atoms with Crippen molar-refractivity contribution in [3.63, 3.8) is 0 Å². The minimum atomic E-state index is -0.0424. The van der Waals surface area contributed by atoms with Gasteiger partial charge >= 0.3 is 0 Å². The van der Waals surface area contributed by atoms with E-state index in [1.165, 1.54) is 0 Å². The molecule has 1 atom stereocenters. The molecule has 0 saturated carbocycles. The van der Waals surface area contributed by atoms with Crippen LogP contribution in [0.4, 0.5) is 0 Å². The van der Waals surface area contributed by atoms with Gasteiger partial charge in [-0.1, -0.05) is 18.2 Å². The zero-order valence-electron chi connectivity index (χ0n) is 10.6. The lowest BCUT2D eigenvalue weighted by Crippen LogP contribution is -2.33. The lowest BCUT2D eigenvalue weighted by molar-refractivity contribution is -0.121. The highest BCUT2D eigenvalue weighted by molar-refractivity contribution is 5.85. The van der Waals surface area contributed by atoms with Crippen LogP contribution >= 0.6 is 12.4 Å². The summed E-state index contributed by atoms with van der Waals surface area (Å²) in [6, 6.07) is 9.56. The van der Waals surface area contributed by atoms with E-state index in [9.17, 15) is 4.79 Å². The molecule has 0 aromatic heterocycles. The molecular formula is C13H21ClN2O2. The van der Waals surface area contributed by atoms with E-state index in [2.05, 4.69) is 5.32 Å². The van der Waals surface area contributed by atoms with Crippen molar-refractivity contribution in [3.8, 4) is 5.75 Å². The Morgan fingerprint density at radius 1 is 1.39 bits per heavy atom. The van der Waals surface area contributed by atoms with Crippen molar-refractivity contribution in [2.75, 3.05) is 13.1 Å². The van der Waals surface area contributed by atoms with E-state index in [4.69, 9.17) is 10.5 Å². The Kier molecular flexibility index (Phi) is 9.06. The van der Waals surface area contributed by atoms with Gasteiger partial charge in [0.1, 0.15) is 11.9 Å². The highest BCUT2D eigenvalue weighted by atomic mass is 35.5. The third kappa shape index (κ3) is 7.14. The van der Waals surface area contributed by atoms with E-state index in [1.54, 1.807) is 0 Å². The molecule has 0 spiro atoms. The van der Waals surface area contributed by atoms with Crippen molar-refractivity contribution >= 4 is 18.3 Å². The zero-order chi connectivity index (χ0) is 12.5. The highest BCUT2D eigenvalue weighted by Crippen LogP contribution is 2.10. The molecular weight excluding hydrogens is 252 g/mol. The van der Waals surface area contributed by atoms with Crippen LogP contribution in [0.1, 0.15) is 19.8 Å². The van der Waals surface area contributed by atoms with Gasteiger partial charge < -0.3 is 15.8 Å². The number of benzene rings is 1. The van der Waals surface area contributed by atoms with Crippen LogP contribution in [0.5, 0.6) is 5.75 Å². The second-order valence-electron chi connectivity index (χ2n) is 3.94. The van der Waals surface area contributed by atoms with Gasteiger partial charge in [-0.3, -0.25) is 4.79 Å². The van der Waals surface area contributed by atoms with E-state index in [0.717, 1.165) is 12.2 Å². The molecule has 1 unspecified atom stereocenters. The molecule has 3 N–H and O–H groups in total. The van der Waals surface area contributed by atoms with Crippen LogP contribution in [0.3, 0.4) is 0 Å². The average Bonchev–Trinajstić information content (AvgIpc) is 2.35. The molecule has 1 aromatic carbocycles. The SMILES string of the molecule is CC(CNC(=O)CCCN)Oc1ccccc1.Cl. The Balaban J connectivity index is 0.00000289. The van der Waals surface area contributed by atoms with Gasteiger partial charge in [-0.05, 0) is 32.0 Å². The van der Waals surface area contributed by atoms with E-state index in [-0.39, 0.29) is 24.4 Å². The number of ether oxygens (including phenoxy) is 1. The molecule has 102 valence electrons. The lowest BCUT2D eigenvalue weighted by Gasteiger charge is -2.15. The first kappa shape index (κ1) is 16.7. The molecule has 5 heteroatoms. The highest BCUT2D eigenvalue weighted by Gasteiger charge is 2.06. The number of nitrogens with one attached hydrogen (secondary N) is 1. The summed E-state index contributed by atoms with van der Waals surface area (Å²) in [6.07, 6.45) is 1.16. The molecule has 1 rings (SSSR count). The Morgan fingerprint density at radius 2 is 2.06 bits per heavy atom. The van der Waals surface area contributed by atoms with Crippen LogP contribution in [0.15, 0.2) is 30.3 Å². The fraction of sp³-hybridized carbons (Fsp3) is 0.462. The quantitative estimate of drug-likeness (QED) is 0.795. The van der Waals surface area contributed by atoms with Gasteiger partial charge in [0.2, 0.25) is 5.91 Å². The fourth-order valence-electron chi connectivity index (χ4n) is 1.38. The maximum Gasteiger partial charge on any atom is 0.220 e. The molecule has 1 amide bonds. The number of halogens is 1. The molecule has 0 aliphatic rings. The summed E-state index contributed by atoms with van der Waals surface area (Å²) >= 11 is 0. The number of carbonyl (C=O) groups excluding carboxylic acids is 1. The van der Waals surface area contributed by atoms with E-state index in [1.807, 2.05) is 37.3 Å². The molecule has 1 aromatic rings. The third-order valence-electron chi connectivity index (χ3n) is 2.28. The van der Waals surface area contributed by atoms with Crippen LogP contribution in [-0.4, -0.2) is 25.1 Å². The van der Waals surface area contributed by atoms with Crippen LogP contribution in [0, 0.1) is 0 Å². The lowest BCUT2D eigenvalue weighted by atomic mass is 10.3. The monoisotopic (exact) mass is 272 g/mol. The first-order valence-corrected chi connectivity index (χ1v) is 5.91. The van der Waals surface area contributed by atoms with Gasteiger partial charge in [-0.25, -0.2) is 0 Å². The predicted octanol–water partition coefficient (Wildman–Crippen LogP) is 1.73. The number of hydrogen-bond acceptors (Lipinski definition) is 3. The largest absolute Gasteiger partial charge is 0.489 e. The predicted molar refractivity (Wildman–Crippen MR) is 75.1 cm³/mol. The Hall–Kier alpha value is -1.26. The Morgan fingerprint density at radius 3 is 2.67 bits per heavy atom. The van der Waals surface area contributed by atoms with E-state index < -0.39 is 0 Å². The van der Waals surface area contributed by atoms with Crippen LogP contribution in [-0.2, 0) is 4.79 Å². The maximum atomic E-state index is 11.3. The molecule has 4 nitrogen and oxygen atoms in total. The summed E-state index contributed by atoms with van der Waals surface area (Å²) in [5, 5.41) is 2.82. The Labute approximate surface area is 114 Å². The van der Waals surface area contributed by atoms with Crippen molar-refractivity contribution in [3.05, 3.63) is 30.3 Å². The maximum absolute atomic E-state index is 11.3. The summed E-state index contributed by atoms with van der Waals surface area (Å²) in [7, 11) is 0. The molecule has 0 aliphatic carbocycles. The van der Waals surface area contributed by atoms with Crippen molar-refractivity contribution < 1.29 is 9.53 Å². The third-order valence-corrected chi connectivity index (χ3v) is 2.28. The van der Waals surface area contributed by atoms with Gasteiger partial charge in [0, 0.05) is 6.42 Å². The molecule has 18 heavy (non-hydrogen) atoms. The second-order valence-corrected chi connectivity index (χ2v) is 3.94. The zero-order valence-corrected chi connectivity index (χ0v) is 11.4. The first-order valence-electron chi connectivity index (χ1n) is 5.91. The van der Waals surface area contributed by atoms with Crippen molar-refractivity contribution in [2.24, 2.45) is 5.73 Å². The minimum Gasteiger partial charge on any atom is -0.489 e. The van der Waals surface area contributed by atoms with Gasteiger partial charge in [0.25, 0.3) is 0 Å². The van der Waals surface area contributed by atoms with Gasteiger partial charge in [0.05, 0.1) is 6.54 Å². The molecule has 0 fully saturated rings. The van der Waals surface area contributed by atoms with Crippen molar-refractivity contribution in [1.29, 1.82) is 0 Å². The number of nitrogens with two attached hydrogens (primary N) is 1. The molecule has 0 saturated heterocycles. The van der Waals surface area contributed by atoms with Gasteiger partial charge in [-0.2, -0.15) is 0 Å². The van der Waals surface area contributed by atoms with Gasteiger partial charge in [0.15, 0.2) is 0 Å². The van der Waals surface area contributed by atoms with Crippen molar-refractivity contribution in [1.82, 2.24) is 5.32 Å². The summed E-state index contributed by atoms with van der Waals surface area (Å²) in [5.41, 5.74) is 5.33. The summed E-state index contributed by atoms with van der Waals surface area (Å²) in [5.74, 6) is 0.843. The van der Waals surface area contributed by atoms with Crippen molar-refractivity contribution in [2.45, 2.75) is 25.9 Å². The number of rotatable bonds is 7. The number of hydrogen-bond donors (Lipinski definition) is 2. The topological polar surface area (TPSA) is 64.4 Å². The van der Waals surface area contributed by atoms with Crippen LogP contribution < -0.4 is 15.8 Å². The van der Waals surface area contributed by atoms with E-state index >= 15 is 0 Å². The smallest absolute Gasteiger partial charge is 0.220 e. The van der Waals surface area contributed by atoms with E-state index in [0.29, 0.717) is 19.5 Å². The van der Waals surface area contributed by atoms with Crippen LogP contribution in [0.2, 0.25) is 0 Å². The normalized spacial score (nSPS) is 11.2. The summed E-state index contributed by atoms with van der Waals surface area (Å²) in [4.78, 5) is 11.3. The molecule has 0 aliphatic heterocycles. The molecule has 0 heterocycles.